The van der Waals surface area contributed by atoms with Gasteiger partial charge in [0.2, 0.25) is 0 Å². The molecule has 1 unspecified atom stereocenters. The predicted octanol–water partition coefficient (Wildman–Crippen LogP) is 2.58. The molecule has 0 heterocycles. The molecule has 1 atom stereocenters. The Kier molecular flexibility index (Phi) is 3.39. The highest BCUT2D eigenvalue weighted by molar-refractivity contribution is 5.63. The van der Waals surface area contributed by atoms with E-state index in [0.717, 1.165) is 6.07 Å². The second kappa shape index (κ2) is 4.38. The lowest BCUT2D eigenvalue weighted by atomic mass is 9.96. The first-order valence-corrected chi connectivity index (χ1v) is 4.50. The molecule has 0 amide bonds. The van der Waals surface area contributed by atoms with Crippen molar-refractivity contribution in [3.05, 3.63) is 28.8 Å². The van der Waals surface area contributed by atoms with E-state index < -0.39 is 23.3 Å². The molecule has 1 aromatic rings. The van der Waals surface area contributed by atoms with E-state index in [4.69, 9.17) is 0 Å². The Hall–Kier alpha value is -1.45. The Balaban J connectivity index is 3.40. The van der Waals surface area contributed by atoms with Gasteiger partial charge >= 0.3 is 0 Å². The van der Waals surface area contributed by atoms with Crippen LogP contribution in [0.15, 0.2) is 6.07 Å². The minimum atomic E-state index is -0.788. The van der Waals surface area contributed by atoms with E-state index in [1.165, 1.54) is 14.0 Å². The van der Waals surface area contributed by atoms with Crippen molar-refractivity contribution >= 4 is 6.29 Å². The van der Waals surface area contributed by atoms with Crippen molar-refractivity contribution in [2.45, 2.75) is 19.8 Å². The molecule has 0 radical (unpaired) electrons. The maximum Gasteiger partial charge on any atom is 0.190 e. The third-order valence-corrected chi connectivity index (χ3v) is 2.36. The number of hydrogen-bond donors (Lipinski definition) is 0. The van der Waals surface area contributed by atoms with Gasteiger partial charge in [-0.2, -0.15) is 0 Å². The molecule has 0 bridgehead atoms. The summed E-state index contributed by atoms with van der Waals surface area (Å²) in [6, 6.07) is 1.14. The normalized spacial score (nSPS) is 12.3. The Morgan fingerprint density at radius 1 is 1.47 bits per heavy atom. The van der Waals surface area contributed by atoms with Crippen LogP contribution in [-0.2, 0) is 4.79 Å². The minimum Gasteiger partial charge on any atom is -0.491 e. The van der Waals surface area contributed by atoms with E-state index >= 15 is 0 Å². The van der Waals surface area contributed by atoms with Crippen LogP contribution in [0.2, 0.25) is 0 Å². The summed E-state index contributed by atoms with van der Waals surface area (Å²) in [7, 11) is 1.20. The standard InChI is InChI=1S/C11H12F2O2/c1-6(5-14)8-4-9(12)11(15-3)10(13)7(8)2/h4-6H,1-3H3. The summed E-state index contributed by atoms with van der Waals surface area (Å²) in [5.74, 6) is -2.47. The fourth-order valence-electron chi connectivity index (χ4n) is 1.45. The third-order valence-electron chi connectivity index (χ3n) is 2.36. The Morgan fingerprint density at radius 3 is 2.53 bits per heavy atom. The Bertz CT molecular complexity index is 389. The SMILES string of the molecule is COc1c(F)cc(C(C)C=O)c(C)c1F. The fourth-order valence-corrected chi connectivity index (χ4v) is 1.45. The number of benzene rings is 1. The van der Waals surface area contributed by atoms with E-state index in [9.17, 15) is 13.6 Å². The molecular weight excluding hydrogens is 202 g/mol. The number of ether oxygens (including phenoxy) is 1. The molecule has 15 heavy (non-hydrogen) atoms. The number of rotatable bonds is 3. The molecule has 2 nitrogen and oxygen atoms in total. The zero-order valence-electron chi connectivity index (χ0n) is 8.80. The van der Waals surface area contributed by atoms with Crippen LogP contribution in [0.3, 0.4) is 0 Å². The molecule has 4 heteroatoms. The van der Waals surface area contributed by atoms with Crippen molar-refractivity contribution in [1.29, 1.82) is 0 Å². The number of methoxy groups -OCH3 is 1. The molecule has 0 aliphatic carbocycles. The van der Waals surface area contributed by atoms with Gasteiger partial charge in [0.25, 0.3) is 0 Å². The Morgan fingerprint density at radius 2 is 2.07 bits per heavy atom. The average molecular weight is 214 g/mol. The number of carbonyl (C=O) groups is 1. The van der Waals surface area contributed by atoms with Gasteiger partial charge in [-0.1, -0.05) is 6.92 Å². The summed E-state index contributed by atoms with van der Waals surface area (Å²) in [5, 5.41) is 0. The van der Waals surface area contributed by atoms with Gasteiger partial charge in [-0.15, -0.1) is 0 Å². The largest absolute Gasteiger partial charge is 0.491 e. The van der Waals surface area contributed by atoms with Crippen LogP contribution in [0.1, 0.15) is 24.0 Å². The van der Waals surface area contributed by atoms with Crippen LogP contribution < -0.4 is 4.74 Å². The molecule has 0 aliphatic heterocycles. The number of halogens is 2. The van der Waals surface area contributed by atoms with Crippen molar-refractivity contribution in [1.82, 2.24) is 0 Å². The fraction of sp³-hybridized carbons (Fsp3) is 0.364. The quantitative estimate of drug-likeness (QED) is 0.723. The topological polar surface area (TPSA) is 26.3 Å². The predicted molar refractivity (Wildman–Crippen MR) is 52.1 cm³/mol. The number of hydrogen-bond acceptors (Lipinski definition) is 2. The molecule has 0 saturated carbocycles. The van der Waals surface area contributed by atoms with Crippen molar-refractivity contribution in [2.75, 3.05) is 7.11 Å². The van der Waals surface area contributed by atoms with E-state index in [-0.39, 0.29) is 5.56 Å². The summed E-state index contributed by atoms with van der Waals surface area (Å²) < 4.78 is 31.4. The van der Waals surface area contributed by atoms with Crippen LogP contribution in [0.25, 0.3) is 0 Å². The van der Waals surface area contributed by atoms with Gasteiger partial charge in [0, 0.05) is 5.92 Å². The lowest BCUT2D eigenvalue weighted by molar-refractivity contribution is -0.108. The first kappa shape index (κ1) is 11.6. The first-order chi connectivity index (χ1) is 7.02. The van der Waals surface area contributed by atoms with Crippen molar-refractivity contribution in [2.24, 2.45) is 0 Å². The van der Waals surface area contributed by atoms with E-state index in [2.05, 4.69) is 4.74 Å². The number of carbonyl (C=O) groups excluding carboxylic acids is 1. The van der Waals surface area contributed by atoms with Gasteiger partial charge in [-0.05, 0) is 24.1 Å². The van der Waals surface area contributed by atoms with Gasteiger partial charge in [0.1, 0.15) is 6.29 Å². The summed E-state index contributed by atoms with van der Waals surface area (Å²) in [4.78, 5) is 10.6. The van der Waals surface area contributed by atoms with Crippen LogP contribution in [0, 0.1) is 18.6 Å². The highest BCUT2D eigenvalue weighted by Gasteiger charge is 2.19. The number of aldehydes is 1. The minimum absolute atomic E-state index is 0.243. The lowest BCUT2D eigenvalue weighted by Crippen LogP contribution is -2.04. The summed E-state index contributed by atoms with van der Waals surface area (Å²) in [6.07, 6.45) is 0.647. The molecule has 0 spiro atoms. The highest BCUT2D eigenvalue weighted by atomic mass is 19.1. The highest BCUT2D eigenvalue weighted by Crippen LogP contribution is 2.30. The molecule has 0 N–H and O–H groups in total. The molecule has 0 fully saturated rings. The smallest absolute Gasteiger partial charge is 0.190 e. The molecule has 0 saturated heterocycles. The Labute approximate surface area is 86.9 Å². The maximum absolute atomic E-state index is 13.5. The summed E-state index contributed by atoms with van der Waals surface area (Å²) >= 11 is 0. The monoisotopic (exact) mass is 214 g/mol. The van der Waals surface area contributed by atoms with E-state index in [1.54, 1.807) is 6.92 Å². The molecule has 82 valence electrons. The van der Waals surface area contributed by atoms with Crippen molar-refractivity contribution in [3.8, 4) is 5.75 Å². The van der Waals surface area contributed by atoms with Gasteiger partial charge < -0.3 is 9.53 Å². The molecule has 0 aromatic heterocycles. The van der Waals surface area contributed by atoms with Gasteiger partial charge in [0.05, 0.1) is 7.11 Å². The van der Waals surface area contributed by atoms with E-state index in [0.29, 0.717) is 11.8 Å². The van der Waals surface area contributed by atoms with Gasteiger partial charge in [0.15, 0.2) is 17.4 Å². The lowest BCUT2D eigenvalue weighted by Gasteiger charge is -2.12. The third kappa shape index (κ3) is 1.98. The summed E-state index contributed by atoms with van der Waals surface area (Å²) in [5.41, 5.74) is 0.591. The maximum atomic E-state index is 13.5. The molecule has 1 rings (SSSR count). The van der Waals surface area contributed by atoms with Crippen LogP contribution >= 0.6 is 0 Å². The summed E-state index contributed by atoms with van der Waals surface area (Å²) in [6.45, 7) is 3.08. The second-order valence-electron chi connectivity index (χ2n) is 3.34. The van der Waals surface area contributed by atoms with Crippen molar-refractivity contribution < 1.29 is 18.3 Å². The van der Waals surface area contributed by atoms with Crippen molar-refractivity contribution in [3.63, 3.8) is 0 Å². The zero-order chi connectivity index (χ0) is 11.6. The molecule has 1 aromatic carbocycles. The van der Waals surface area contributed by atoms with Crippen LogP contribution in [-0.4, -0.2) is 13.4 Å². The molecule has 0 aliphatic rings. The molecular formula is C11H12F2O2. The first-order valence-electron chi connectivity index (χ1n) is 4.50. The second-order valence-corrected chi connectivity index (χ2v) is 3.34. The average Bonchev–Trinajstić information content (AvgIpc) is 2.23. The zero-order valence-corrected chi connectivity index (χ0v) is 8.80. The van der Waals surface area contributed by atoms with Gasteiger partial charge in [-0.25, -0.2) is 8.78 Å². The van der Waals surface area contributed by atoms with Gasteiger partial charge in [-0.3, -0.25) is 0 Å². The van der Waals surface area contributed by atoms with Crippen LogP contribution in [0.4, 0.5) is 8.78 Å². The van der Waals surface area contributed by atoms with Crippen LogP contribution in [0.5, 0.6) is 5.75 Å². The van der Waals surface area contributed by atoms with E-state index in [1.807, 2.05) is 0 Å².